The Hall–Kier alpha value is -3.48. The van der Waals surface area contributed by atoms with E-state index in [1.54, 1.807) is 43.5 Å². The highest BCUT2D eigenvalue weighted by Gasteiger charge is 2.32. The van der Waals surface area contributed by atoms with Crippen LogP contribution in [0.4, 0.5) is 0 Å². The lowest BCUT2D eigenvalue weighted by atomic mass is 10.0. The Morgan fingerprint density at radius 2 is 1.67 bits per heavy atom. The Bertz CT molecular complexity index is 1430. The molecule has 3 aromatic rings. The Morgan fingerprint density at radius 3 is 2.33 bits per heavy atom. The molecule has 1 aliphatic rings. The summed E-state index contributed by atoms with van der Waals surface area (Å²) in [7, 11) is -2.07. The van der Waals surface area contributed by atoms with Crippen molar-refractivity contribution >= 4 is 33.4 Å². The van der Waals surface area contributed by atoms with Gasteiger partial charge in [0, 0.05) is 44.9 Å². The maximum Gasteiger partial charge on any atom is 0.261 e. The Labute approximate surface area is 257 Å². The molecule has 0 saturated carbocycles. The first-order valence-corrected chi connectivity index (χ1v) is 15.8. The van der Waals surface area contributed by atoms with E-state index in [2.05, 4.69) is 5.32 Å². The van der Waals surface area contributed by atoms with Crippen LogP contribution in [-0.4, -0.2) is 82.6 Å². The number of ether oxygens (including phenoxy) is 3. The summed E-state index contributed by atoms with van der Waals surface area (Å²) in [6, 6.07) is 21.1. The fourth-order valence-corrected chi connectivity index (χ4v) is 6.15. The summed E-state index contributed by atoms with van der Waals surface area (Å²) in [6.45, 7) is 1.92. The third-order valence-corrected chi connectivity index (χ3v) is 9.05. The highest BCUT2D eigenvalue weighted by atomic mass is 35.5. The summed E-state index contributed by atoms with van der Waals surface area (Å²) in [5.41, 5.74) is 1.43. The van der Waals surface area contributed by atoms with Crippen molar-refractivity contribution in [2.45, 2.75) is 23.9 Å². The minimum Gasteiger partial charge on any atom is -0.484 e. The largest absolute Gasteiger partial charge is 0.484 e. The molecule has 230 valence electrons. The van der Waals surface area contributed by atoms with Gasteiger partial charge in [0.1, 0.15) is 11.8 Å². The van der Waals surface area contributed by atoms with Crippen LogP contribution in [0, 0.1) is 0 Å². The van der Waals surface area contributed by atoms with Crippen LogP contribution < -0.4 is 10.1 Å². The van der Waals surface area contributed by atoms with Crippen molar-refractivity contribution < 1.29 is 32.2 Å². The van der Waals surface area contributed by atoms with E-state index in [-0.39, 0.29) is 24.0 Å². The number of methoxy groups -OCH3 is 1. The molecule has 1 heterocycles. The van der Waals surface area contributed by atoms with Crippen molar-refractivity contribution in [3.8, 4) is 5.75 Å². The molecule has 2 amide bonds. The number of nitrogens with zero attached hydrogens (tertiary/aromatic N) is 2. The van der Waals surface area contributed by atoms with Gasteiger partial charge in [0.2, 0.25) is 15.9 Å². The van der Waals surface area contributed by atoms with Crippen LogP contribution >= 0.6 is 11.6 Å². The topological polar surface area (TPSA) is 114 Å². The van der Waals surface area contributed by atoms with E-state index in [1.165, 1.54) is 33.5 Å². The maximum absolute atomic E-state index is 13.8. The molecular formula is C31H36ClN3O7S. The van der Waals surface area contributed by atoms with Crippen LogP contribution in [0.2, 0.25) is 5.02 Å². The molecule has 4 rings (SSSR count). The van der Waals surface area contributed by atoms with Gasteiger partial charge < -0.3 is 24.4 Å². The fourth-order valence-electron chi connectivity index (χ4n) is 4.61. The molecule has 3 aromatic carbocycles. The van der Waals surface area contributed by atoms with Crippen molar-refractivity contribution in [1.29, 1.82) is 0 Å². The summed E-state index contributed by atoms with van der Waals surface area (Å²) in [6.07, 6.45) is 0.620. The van der Waals surface area contributed by atoms with Gasteiger partial charge in [-0.25, -0.2) is 8.42 Å². The molecule has 0 bridgehead atoms. The van der Waals surface area contributed by atoms with Crippen LogP contribution in [-0.2, 0) is 35.6 Å². The Kier molecular flexibility index (Phi) is 11.9. The number of hydrogen-bond donors (Lipinski definition) is 1. The maximum atomic E-state index is 13.8. The van der Waals surface area contributed by atoms with Crippen molar-refractivity contribution in [2.24, 2.45) is 0 Å². The van der Waals surface area contributed by atoms with Gasteiger partial charge in [0.15, 0.2) is 6.61 Å². The summed E-state index contributed by atoms with van der Waals surface area (Å²) >= 11 is 6.08. The van der Waals surface area contributed by atoms with Crippen LogP contribution in [0.25, 0.3) is 0 Å². The standard InChI is InChI=1S/C31H36ClN3O7S/c1-40-19-5-16-33-31(37)30(25-6-3-2-4-7-25)35(22-24-8-10-26(32)11-9-24)29(36)23-42-27-12-14-28(15-13-27)43(38,39)34-17-20-41-21-18-34/h2-4,6-15,30H,5,16-23H2,1H3,(H,33,37)/t30-/m1/s1. The smallest absolute Gasteiger partial charge is 0.261 e. The van der Waals surface area contributed by atoms with Gasteiger partial charge in [-0.2, -0.15) is 4.31 Å². The van der Waals surface area contributed by atoms with Crippen molar-refractivity contribution in [3.63, 3.8) is 0 Å². The molecule has 43 heavy (non-hydrogen) atoms. The molecule has 1 saturated heterocycles. The fraction of sp³-hybridized carbons (Fsp3) is 0.355. The second-order valence-electron chi connectivity index (χ2n) is 9.88. The van der Waals surface area contributed by atoms with Crippen molar-refractivity contribution in [2.75, 3.05) is 53.2 Å². The van der Waals surface area contributed by atoms with Crippen LogP contribution in [0.3, 0.4) is 0 Å². The molecule has 12 heteroatoms. The number of nitrogens with one attached hydrogen (secondary N) is 1. The van der Waals surface area contributed by atoms with E-state index >= 15 is 0 Å². The Balaban J connectivity index is 1.54. The van der Waals surface area contributed by atoms with Crippen molar-refractivity contribution in [1.82, 2.24) is 14.5 Å². The number of amides is 2. The highest BCUT2D eigenvalue weighted by Crippen LogP contribution is 2.26. The minimum absolute atomic E-state index is 0.126. The summed E-state index contributed by atoms with van der Waals surface area (Å²) in [5, 5.41) is 3.48. The summed E-state index contributed by atoms with van der Waals surface area (Å²) in [5.74, 6) is -0.441. The summed E-state index contributed by atoms with van der Waals surface area (Å²) in [4.78, 5) is 28.9. The van der Waals surface area contributed by atoms with E-state index < -0.39 is 22.0 Å². The third-order valence-electron chi connectivity index (χ3n) is 6.88. The number of carbonyl (C=O) groups excluding carboxylic acids is 2. The molecule has 0 unspecified atom stereocenters. The summed E-state index contributed by atoms with van der Waals surface area (Å²) < 4.78 is 43.4. The van der Waals surface area contributed by atoms with Gasteiger partial charge in [-0.15, -0.1) is 0 Å². The van der Waals surface area contributed by atoms with E-state index in [1.807, 2.05) is 18.2 Å². The quantitative estimate of drug-likeness (QED) is 0.271. The van der Waals surface area contributed by atoms with Gasteiger partial charge in [-0.3, -0.25) is 9.59 Å². The second-order valence-corrected chi connectivity index (χ2v) is 12.2. The monoisotopic (exact) mass is 629 g/mol. The molecule has 0 spiro atoms. The second kappa shape index (κ2) is 15.8. The first kappa shape index (κ1) is 32.4. The zero-order valence-corrected chi connectivity index (χ0v) is 25.6. The predicted octanol–water partition coefficient (Wildman–Crippen LogP) is 3.66. The average Bonchev–Trinajstić information content (AvgIpc) is 3.03. The van der Waals surface area contributed by atoms with E-state index in [0.29, 0.717) is 62.2 Å². The van der Waals surface area contributed by atoms with Crippen LogP contribution in [0.15, 0.2) is 83.8 Å². The van der Waals surface area contributed by atoms with E-state index in [9.17, 15) is 18.0 Å². The lowest BCUT2D eigenvalue weighted by molar-refractivity contribution is -0.143. The minimum atomic E-state index is -3.66. The van der Waals surface area contributed by atoms with E-state index in [4.69, 9.17) is 25.8 Å². The lowest BCUT2D eigenvalue weighted by Gasteiger charge is -2.31. The number of rotatable bonds is 14. The number of morpholine rings is 1. The molecule has 10 nitrogen and oxygen atoms in total. The van der Waals surface area contributed by atoms with Gasteiger partial charge in [0.05, 0.1) is 18.1 Å². The van der Waals surface area contributed by atoms with E-state index in [0.717, 1.165) is 5.56 Å². The molecule has 0 aromatic heterocycles. The van der Waals surface area contributed by atoms with Gasteiger partial charge in [0.25, 0.3) is 5.91 Å². The zero-order chi connectivity index (χ0) is 30.7. The Morgan fingerprint density at radius 1 is 1.00 bits per heavy atom. The number of sulfonamides is 1. The van der Waals surface area contributed by atoms with Gasteiger partial charge in [-0.1, -0.05) is 54.1 Å². The average molecular weight is 630 g/mol. The number of halogens is 1. The third kappa shape index (κ3) is 9.01. The number of carbonyl (C=O) groups is 2. The molecule has 0 radical (unpaired) electrons. The first-order valence-electron chi connectivity index (χ1n) is 14.0. The normalized spacial score (nSPS) is 14.6. The molecule has 1 aliphatic heterocycles. The molecule has 1 N–H and O–H groups in total. The molecule has 0 aliphatic carbocycles. The molecule has 1 atom stereocenters. The number of hydrogen-bond acceptors (Lipinski definition) is 7. The van der Waals surface area contributed by atoms with Crippen LogP contribution in [0.1, 0.15) is 23.6 Å². The molecule has 1 fully saturated rings. The van der Waals surface area contributed by atoms with Crippen molar-refractivity contribution in [3.05, 3.63) is 95.0 Å². The molecular weight excluding hydrogens is 594 g/mol. The van der Waals surface area contributed by atoms with Crippen LogP contribution in [0.5, 0.6) is 5.75 Å². The number of benzene rings is 3. The highest BCUT2D eigenvalue weighted by molar-refractivity contribution is 7.89. The lowest BCUT2D eigenvalue weighted by Crippen LogP contribution is -2.45. The first-order chi connectivity index (χ1) is 20.8. The zero-order valence-electron chi connectivity index (χ0n) is 24.0. The predicted molar refractivity (Wildman–Crippen MR) is 162 cm³/mol. The SMILES string of the molecule is COCCCNC(=O)[C@@H](c1ccccc1)N(Cc1ccc(Cl)cc1)C(=O)COc1ccc(S(=O)(=O)N2CCOCC2)cc1. The van der Waals surface area contributed by atoms with Gasteiger partial charge in [-0.05, 0) is 53.9 Å². The van der Waals surface area contributed by atoms with Gasteiger partial charge >= 0.3 is 0 Å².